The molecule has 0 aliphatic carbocycles. The summed E-state index contributed by atoms with van der Waals surface area (Å²) in [5, 5.41) is 0.888. The van der Waals surface area contributed by atoms with Gasteiger partial charge >= 0.3 is 6.36 Å². The van der Waals surface area contributed by atoms with Crippen molar-refractivity contribution in [2.75, 3.05) is 0 Å². The molecule has 4 rings (SSSR count). The fourth-order valence-corrected chi connectivity index (χ4v) is 3.78. The lowest BCUT2D eigenvalue weighted by molar-refractivity contribution is -0.275. The molecule has 0 spiro atoms. The number of rotatable bonds is 5. The van der Waals surface area contributed by atoms with Gasteiger partial charge in [0.2, 0.25) is 0 Å². The standard InChI is InChI=1S/C30H21F5O/c1-2-3-4-5-20-6-8-21(9-7-20)10-11-22-12-15-25-23(18-22)13-16-26(29(25)32)24-14-17-28(27(31)19-24)36-30(33,34)35/h2-3,6-9,12-19H,4-5H2,1H3/b3-2+. The van der Waals surface area contributed by atoms with Crippen LogP contribution < -0.4 is 4.74 Å². The Hall–Kier alpha value is -4.11. The second-order valence-electron chi connectivity index (χ2n) is 8.11. The molecule has 36 heavy (non-hydrogen) atoms. The molecule has 0 aliphatic rings. The monoisotopic (exact) mass is 492 g/mol. The summed E-state index contributed by atoms with van der Waals surface area (Å²) >= 11 is 0. The number of halogens is 5. The van der Waals surface area contributed by atoms with Gasteiger partial charge in [-0.15, -0.1) is 13.2 Å². The SMILES string of the molecule is C/C=C/CCc1ccc(C#Cc2ccc3c(F)c(-c4ccc(OC(F)(F)F)c(F)c4)ccc3c2)cc1. The van der Waals surface area contributed by atoms with Crippen molar-refractivity contribution in [3.8, 4) is 28.7 Å². The van der Waals surface area contributed by atoms with Crippen LogP contribution in [0.2, 0.25) is 0 Å². The molecule has 0 atom stereocenters. The van der Waals surface area contributed by atoms with Crippen molar-refractivity contribution in [2.24, 2.45) is 0 Å². The van der Waals surface area contributed by atoms with E-state index in [2.05, 4.69) is 34.8 Å². The van der Waals surface area contributed by atoms with E-state index in [0.29, 0.717) is 16.3 Å². The molecule has 1 nitrogen and oxygen atoms in total. The molecule has 0 saturated carbocycles. The van der Waals surface area contributed by atoms with Gasteiger partial charge in [0, 0.05) is 22.1 Å². The summed E-state index contributed by atoms with van der Waals surface area (Å²) in [5.74, 6) is 3.38. The zero-order valence-corrected chi connectivity index (χ0v) is 19.3. The maximum absolute atomic E-state index is 15.2. The molecule has 182 valence electrons. The number of aryl methyl sites for hydroxylation is 1. The zero-order chi connectivity index (χ0) is 25.7. The highest BCUT2D eigenvalue weighted by molar-refractivity contribution is 5.89. The molecule has 0 aliphatic heterocycles. The number of benzene rings is 4. The van der Waals surface area contributed by atoms with Gasteiger partial charge in [-0.2, -0.15) is 0 Å². The number of fused-ring (bicyclic) bond motifs is 1. The highest BCUT2D eigenvalue weighted by Gasteiger charge is 2.32. The Morgan fingerprint density at radius 3 is 2.25 bits per heavy atom. The smallest absolute Gasteiger partial charge is 0.403 e. The maximum atomic E-state index is 15.2. The maximum Gasteiger partial charge on any atom is 0.573 e. The summed E-state index contributed by atoms with van der Waals surface area (Å²) in [4.78, 5) is 0. The van der Waals surface area contributed by atoms with Gasteiger partial charge in [0.15, 0.2) is 11.6 Å². The van der Waals surface area contributed by atoms with Gasteiger partial charge in [0.05, 0.1) is 0 Å². The number of ether oxygens (including phenoxy) is 1. The summed E-state index contributed by atoms with van der Waals surface area (Å²) in [6.07, 6.45) is 1.09. The van der Waals surface area contributed by atoms with Crippen LogP contribution >= 0.6 is 0 Å². The van der Waals surface area contributed by atoms with Crippen LogP contribution in [0.5, 0.6) is 5.75 Å². The molecular formula is C30H21F5O. The third kappa shape index (κ3) is 6.11. The van der Waals surface area contributed by atoms with E-state index in [1.807, 2.05) is 25.1 Å². The topological polar surface area (TPSA) is 9.23 Å². The zero-order valence-electron chi connectivity index (χ0n) is 19.3. The third-order valence-corrected chi connectivity index (χ3v) is 5.56. The van der Waals surface area contributed by atoms with E-state index in [4.69, 9.17) is 0 Å². The van der Waals surface area contributed by atoms with Crippen LogP contribution in [0.4, 0.5) is 22.0 Å². The van der Waals surface area contributed by atoms with Crippen molar-refractivity contribution in [1.82, 2.24) is 0 Å². The van der Waals surface area contributed by atoms with Gasteiger partial charge in [-0.25, -0.2) is 8.78 Å². The van der Waals surface area contributed by atoms with Gasteiger partial charge in [-0.3, -0.25) is 0 Å². The van der Waals surface area contributed by atoms with Gasteiger partial charge in [0.25, 0.3) is 0 Å². The molecule has 0 bridgehead atoms. The minimum atomic E-state index is -5.02. The Labute approximate surface area is 205 Å². The molecule has 4 aromatic carbocycles. The van der Waals surface area contributed by atoms with E-state index in [-0.39, 0.29) is 11.1 Å². The van der Waals surface area contributed by atoms with Crippen LogP contribution in [0.15, 0.2) is 84.9 Å². The minimum absolute atomic E-state index is 0.0632. The lowest BCUT2D eigenvalue weighted by atomic mass is 9.98. The average molecular weight is 492 g/mol. The second-order valence-corrected chi connectivity index (χ2v) is 8.11. The summed E-state index contributed by atoms with van der Waals surface area (Å²) < 4.78 is 70.1. The van der Waals surface area contributed by atoms with E-state index >= 15 is 4.39 Å². The molecule has 0 fully saturated rings. The first-order valence-electron chi connectivity index (χ1n) is 11.2. The Morgan fingerprint density at radius 1 is 0.833 bits per heavy atom. The number of hydrogen-bond acceptors (Lipinski definition) is 1. The van der Waals surface area contributed by atoms with Gasteiger partial charge < -0.3 is 4.74 Å². The third-order valence-electron chi connectivity index (χ3n) is 5.56. The van der Waals surface area contributed by atoms with Crippen LogP contribution in [-0.2, 0) is 6.42 Å². The Morgan fingerprint density at radius 2 is 1.56 bits per heavy atom. The lowest BCUT2D eigenvalue weighted by Crippen LogP contribution is -2.17. The van der Waals surface area contributed by atoms with Gasteiger partial charge in [-0.05, 0) is 72.7 Å². The minimum Gasteiger partial charge on any atom is -0.403 e. The molecule has 4 aromatic rings. The average Bonchev–Trinajstić information content (AvgIpc) is 2.84. The summed E-state index contributed by atoms with van der Waals surface area (Å²) in [5.41, 5.74) is 2.96. The first kappa shape index (κ1) is 25.0. The van der Waals surface area contributed by atoms with Crippen molar-refractivity contribution < 1.29 is 26.7 Å². The fourth-order valence-electron chi connectivity index (χ4n) is 3.78. The molecule has 6 heteroatoms. The van der Waals surface area contributed by atoms with Crippen molar-refractivity contribution in [2.45, 2.75) is 26.1 Å². The molecule has 0 radical (unpaired) electrons. The van der Waals surface area contributed by atoms with Crippen LogP contribution in [0.1, 0.15) is 30.0 Å². The van der Waals surface area contributed by atoms with Gasteiger partial charge in [-0.1, -0.05) is 60.4 Å². The highest BCUT2D eigenvalue weighted by atomic mass is 19.4. The van der Waals surface area contributed by atoms with Crippen molar-refractivity contribution in [3.05, 3.63) is 113 Å². The lowest BCUT2D eigenvalue weighted by Gasteiger charge is -2.12. The van der Waals surface area contributed by atoms with E-state index in [1.54, 1.807) is 24.3 Å². The fraction of sp³-hybridized carbons (Fsp3) is 0.133. The van der Waals surface area contributed by atoms with Gasteiger partial charge in [0.1, 0.15) is 5.82 Å². The Kier molecular flexibility index (Phi) is 7.40. The van der Waals surface area contributed by atoms with Crippen LogP contribution in [0.25, 0.3) is 21.9 Å². The molecule has 0 N–H and O–H groups in total. The second kappa shape index (κ2) is 10.7. The molecule has 0 saturated heterocycles. The Bertz CT molecular complexity index is 1470. The van der Waals surface area contributed by atoms with Crippen LogP contribution in [0, 0.1) is 23.5 Å². The molecular weight excluding hydrogens is 471 g/mol. The predicted octanol–water partition coefficient (Wildman–Crippen LogP) is 8.59. The molecule has 0 unspecified atom stereocenters. The largest absolute Gasteiger partial charge is 0.573 e. The summed E-state index contributed by atoms with van der Waals surface area (Å²) in [6, 6.07) is 19.0. The Balaban J connectivity index is 1.56. The van der Waals surface area contributed by atoms with E-state index in [9.17, 15) is 17.6 Å². The molecule has 0 amide bonds. The number of hydrogen-bond donors (Lipinski definition) is 0. The van der Waals surface area contributed by atoms with Crippen LogP contribution in [0.3, 0.4) is 0 Å². The van der Waals surface area contributed by atoms with Crippen LogP contribution in [-0.4, -0.2) is 6.36 Å². The van der Waals surface area contributed by atoms with Crippen molar-refractivity contribution >= 4 is 10.8 Å². The first-order chi connectivity index (χ1) is 17.2. The number of alkyl halides is 3. The molecule has 0 heterocycles. The first-order valence-corrected chi connectivity index (χ1v) is 11.2. The molecule has 0 aromatic heterocycles. The summed E-state index contributed by atoms with van der Waals surface area (Å²) in [7, 11) is 0. The van der Waals surface area contributed by atoms with E-state index in [0.717, 1.165) is 30.5 Å². The predicted molar refractivity (Wildman–Crippen MR) is 132 cm³/mol. The van der Waals surface area contributed by atoms with Crippen molar-refractivity contribution in [3.63, 3.8) is 0 Å². The van der Waals surface area contributed by atoms with E-state index in [1.165, 1.54) is 17.7 Å². The quantitative estimate of drug-likeness (QED) is 0.154. The van der Waals surface area contributed by atoms with E-state index < -0.39 is 23.7 Å². The number of allylic oxidation sites excluding steroid dienone is 2. The highest BCUT2D eigenvalue weighted by Crippen LogP contribution is 2.33. The van der Waals surface area contributed by atoms with Crippen molar-refractivity contribution in [1.29, 1.82) is 0 Å². The summed E-state index contributed by atoms with van der Waals surface area (Å²) in [6.45, 7) is 2.00. The normalized spacial score (nSPS) is 11.5.